The van der Waals surface area contributed by atoms with Gasteiger partial charge >= 0.3 is 5.69 Å². The number of aromatic nitrogens is 2. The second-order valence-electron chi connectivity index (χ2n) is 5.77. The molecule has 0 radical (unpaired) electrons. The van der Waals surface area contributed by atoms with Gasteiger partial charge in [-0.3, -0.25) is 10.1 Å². The summed E-state index contributed by atoms with van der Waals surface area (Å²) >= 11 is 0. The third-order valence-electron chi connectivity index (χ3n) is 2.87. The molecule has 0 amide bonds. The smallest absolute Gasteiger partial charge is 0.305 e. The van der Waals surface area contributed by atoms with Crippen LogP contribution < -0.4 is 5.32 Å². The highest BCUT2D eigenvalue weighted by atomic mass is 19.1. The topological polar surface area (TPSA) is 83.8 Å². The van der Waals surface area contributed by atoms with Gasteiger partial charge in [0.05, 0.1) is 23.4 Å². The van der Waals surface area contributed by atoms with Crippen LogP contribution in [0.25, 0.3) is 11.3 Å². The van der Waals surface area contributed by atoms with Gasteiger partial charge in [0.25, 0.3) is 0 Å². The largest absolute Gasteiger partial charge is 0.341 e. The first-order valence-corrected chi connectivity index (χ1v) is 6.49. The predicted molar refractivity (Wildman–Crippen MR) is 77.2 cm³/mol. The van der Waals surface area contributed by atoms with E-state index in [0.717, 1.165) is 6.07 Å². The standard InChI is InChI=1S/C14H17FN4O2/c1-14(2,3)17-8-13-16-7-11(18-13)9-4-5-10(15)12(6-9)19(20)21/h4-7,17H,8H2,1-3H3,(H,16,18). The summed E-state index contributed by atoms with van der Waals surface area (Å²) in [5.41, 5.74) is 0.555. The Labute approximate surface area is 121 Å². The van der Waals surface area contributed by atoms with Crippen molar-refractivity contribution in [2.45, 2.75) is 32.9 Å². The van der Waals surface area contributed by atoms with Crippen LogP contribution in [0.5, 0.6) is 0 Å². The quantitative estimate of drug-likeness (QED) is 0.670. The van der Waals surface area contributed by atoms with Crippen LogP contribution >= 0.6 is 0 Å². The molecule has 0 fully saturated rings. The van der Waals surface area contributed by atoms with E-state index in [1.165, 1.54) is 12.1 Å². The second-order valence-corrected chi connectivity index (χ2v) is 5.77. The number of H-pyrrole nitrogens is 1. The number of rotatable bonds is 4. The first kappa shape index (κ1) is 15.1. The van der Waals surface area contributed by atoms with E-state index >= 15 is 0 Å². The number of nitrogens with zero attached hydrogens (tertiary/aromatic N) is 2. The molecule has 2 N–H and O–H groups in total. The Morgan fingerprint density at radius 2 is 2.14 bits per heavy atom. The van der Waals surface area contributed by atoms with Crippen molar-refractivity contribution in [3.05, 3.63) is 46.2 Å². The molecule has 2 aromatic rings. The highest BCUT2D eigenvalue weighted by Gasteiger charge is 2.16. The molecule has 2 rings (SSSR count). The van der Waals surface area contributed by atoms with Crippen LogP contribution in [-0.2, 0) is 6.54 Å². The molecule has 0 bridgehead atoms. The fourth-order valence-electron chi connectivity index (χ4n) is 1.77. The monoisotopic (exact) mass is 292 g/mol. The van der Waals surface area contributed by atoms with Crippen LogP contribution in [0.4, 0.5) is 10.1 Å². The number of nitro groups is 1. The number of hydrogen-bond acceptors (Lipinski definition) is 4. The second kappa shape index (κ2) is 5.61. The van der Waals surface area contributed by atoms with E-state index in [2.05, 4.69) is 15.3 Å². The molecule has 7 heteroatoms. The molecule has 0 saturated heterocycles. The molecular weight excluding hydrogens is 275 g/mol. The van der Waals surface area contributed by atoms with E-state index in [4.69, 9.17) is 0 Å². The van der Waals surface area contributed by atoms with E-state index in [-0.39, 0.29) is 5.54 Å². The molecule has 1 heterocycles. The van der Waals surface area contributed by atoms with E-state index in [1.807, 2.05) is 20.8 Å². The normalized spacial score (nSPS) is 11.6. The number of aromatic amines is 1. The van der Waals surface area contributed by atoms with E-state index in [0.29, 0.717) is 23.6 Å². The summed E-state index contributed by atoms with van der Waals surface area (Å²) in [6.07, 6.45) is 1.58. The zero-order valence-electron chi connectivity index (χ0n) is 12.1. The minimum Gasteiger partial charge on any atom is -0.341 e. The van der Waals surface area contributed by atoms with E-state index < -0.39 is 16.4 Å². The van der Waals surface area contributed by atoms with Gasteiger partial charge in [0.1, 0.15) is 5.82 Å². The first-order chi connectivity index (χ1) is 9.76. The third-order valence-corrected chi connectivity index (χ3v) is 2.87. The fourth-order valence-corrected chi connectivity index (χ4v) is 1.77. The maximum absolute atomic E-state index is 13.3. The van der Waals surface area contributed by atoms with E-state index in [9.17, 15) is 14.5 Å². The maximum Gasteiger partial charge on any atom is 0.305 e. The lowest BCUT2D eigenvalue weighted by atomic mass is 10.1. The van der Waals surface area contributed by atoms with Crippen molar-refractivity contribution < 1.29 is 9.31 Å². The SMILES string of the molecule is CC(C)(C)NCc1ncc(-c2ccc(F)c([N+](=O)[O-])c2)[nH]1. The maximum atomic E-state index is 13.3. The van der Waals surface area contributed by atoms with Crippen molar-refractivity contribution in [2.24, 2.45) is 0 Å². The Kier molecular flexibility index (Phi) is 4.04. The van der Waals surface area contributed by atoms with Gasteiger partial charge in [-0.25, -0.2) is 4.98 Å². The third kappa shape index (κ3) is 3.85. The van der Waals surface area contributed by atoms with Crippen LogP contribution in [0.3, 0.4) is 0 Å². The average Bonchev–Trinajstić information content (AvgIpc) is 2.84. The average molecular weight is 292 g/mol. The van der Waals surface area contributed by atoms with Crippen LogP contribution in [-0.4, -0.2) is 20.4 Å². The fraction of sp³-hybridized carbons (Fsp3) is 0.357. The highest BCUT2D eigenvalue weighted by molar-refractivity contribution is 5.62. The van der Waals surface area contributed by atoms with Crippen LogP contribution in [0.2, 0.25) is 0 Å². The lowest BCUT2D eigenvalue weighted by molar-refractivity contribution is -0.387. The minimum atomic E-state index is -0.849. The minimum absolute atomic E-state index is 0.0401. The van der Waals surface area contributed by atoms with Gasteiger partial charge in [0.2, 0.25) is 5.82 Å². The van der Waals surface area contributed by atoms with Crippen molar-refractivity contribution in [1.82, 2.24) is 15.3 Å². The summed E-state index contributed by atoms with van der Waals surface area (Å²) < 4.78 is 13.3. The van der Waals surface area contributed by atoms with Crippen molar-refractivity contribution in [2.75, 3.05) is 0 Å². The van der Waals surface area contributed by atoms with E-state index in [1.54, 1.807) is 6.20 Å². The summed E-state index contributed by atoms with van der Waals surface area (Å²) in [4.78, 5) is 17.3. The van der Waals surface area contributed by atoms with Crippen LogP contribution in [0, 0.1) is 15.9 Å². The molecule has 1 aromatic carbocycles. The van der Waals surface area contributed by atoms with Gasteiger partial charge < -0.3 is 10.3 Å². The van der Waals surface area contributed by atoms with Crippen molar-refractivity contribution in [1.29, 1.82) is 0 Å². The summed E-state index contributed by atoms with van der Waals surface area (Å²) in [7, 11) is 0. The number of nitro benzene ring substituents is 1. The van der Waals surface area contributed by atoms with Gasteiger partial charge in [-0.2, -0.15) is 4.39 Å². The van der Waals surface area contributed by atoms with Crippen LogP contribution in [0.15, 0.2) is 24.4 Å². The molecule has 0 aliphatic heterocycles. The van der Waals surface area contributed by atoms with Gasteiger partial charge in [-0.15, -0.1) is 0 Å². The Morgan fingerprint density at radius 3 is 2.76 bits per heavy atom. The number of hydrogen-bond donors (Lipinski definition) is 2. The van der Waals surface area contributed by atoms with Gasteiger partial charge in [-0.1, -0.05) is 0 Å². The number of halogens is 1. The van der Waals surface area contributed by atoms with Gasteiger partial charge in [0, 0.05) is 17.2 Å². The molecule has 0 unspecified atom stereocenters. The summed E-state index contributed by atoms with van der Waals surface area (Å²) in [5, 5.41) is 14.0. The molecule has 0 aliphatic rings. The Hall–Kier alpha value is -2.28. The highest BCUT2D eigenvalue weighted by Crippen LogP contribution is 2.25. The summed E-state index contributed by atoms with van der Waals surface area (Å²) in [6, 6.07) is 3.77. The Balaban J connectivity index is 2.22. The number of nitrogens with one attached hydrogen (secondary N) is 2. The van der Waals surface area contributed by atoms with Crippen molar-refractivity contribution in [3.63, 3.8) is 0 Å². The molecule has 0 saturated carbocycles. The molecule has 21 heavy (non-hydrogen) atoms. The first-order valence-electron chi connectivity index (χ1n) is 6.49. The molecule has 6 nitrogen and oxygen atoms in total. The summed E-state index contributed by atoms with van der Waals surface area (Å²) in [5.74, 6) is -0.134. The van der Waals surface area contributed by atoms with Gasteiger partial charge in [-0.05, 0) is 32.9 Å². The number of imidazole rings is 1. The summed E-state index contributed by atoms with van der Waals surface area (Å²) in [6.45, 7) is 6.67. The number of benzene rings is 1. The Morgan fingerprint density at radius 1 is 1.43 bits per heavy atom. The predicted octanol–water partition coefficient (Wildman–Crippen LogP) is 3.01. The molecule has 0 atom stereocenters. The zero-order chi connectivity index (χ0) is 15.6. The lowest BCUT2D eigenvalue weighted by Gasteiger charge is -2.19. The lowest BCUT2D eigenvalue weighted by Crippen LogP contribution is -2.35. The molecule has 112 valence electrons. The molecule has 1 aromatic heterocycles. The van der Waals surface area contributed by atoms with Crippen molar-refractivity contribution in [3.8, 4) is 11.3 Å². The Bertz CT molecular complexity index is 661. The molecule has 0 spiro atoms. The van der Waals surface area contributed by atoms with Crippen LogP contribution in [0.1, 0.15) is 26.6 Å². The molecule has 0 aliphatic carbocycles. The van der Waals surface area contributed by atoms with Gasteiger partial charge in [0.15, 0.2) is 0 Å². The van der Waals surface area contributed by atoms with Crippen molar-refractivity contribution >= 4 is 5.69 Å². The molecular formula is C14H17FN4O2. The zero-order valence-corrected chi connectivity index (χ0v) is 12.1.